The van der Waals surface area contributed by atoms with Crippen LogP contribution in [0.15, 0.2) is 12.1 Å². The summed E-state index contributed by atoms with van der Waals surface area (Å²) in [5.74, 6) is 0. The Morgan fingerprint density at radius 2 is 1.94 bits per heavy atom. The molecule has 0 aliphatic carbocycles. The molecule has 2 heterocycles. The van der Waals surface area contributed by atoms with Crippen molar-refractivity contribution in [2.45, 2.75) is 45.1 Å². The van der Waals surface area contributed by atoms with Crippen LogP contribution in [0.3, 0.4) is 0 Å². The van der Waals surface area contributed by atoms with E-state index in [2.05, 4.69) is 37.8 Å². The molecule has 96 valence electrons. The van der Waals surface area contributed by atoms with E-state index in [1.54, 1.807) is 0 Å². The third-order valence-corrected chi connectivity index (χ3v) is 5.11. The van der Waals surface area contributed by atoms with Gasteiger partial charge in [0.25, 0.3) is 0 Å². The molecule has 0 amide bonds. The standard InChI is InChI=1S/C14H24N2S/c1-14(2,3)13-7-6-12(17-13)11(10-15)16-8-4-5-9-16/h6-7,11H,4-5,8-10,15H2,1-3H3. The molecule has 1 saturated heterocycles. The average Bonchev–Trinajstić information content (AvgIpc) is 2.87. The normalized spacial score (nSPS) is 19.8. The van der Waals surface area contributed by atoms with Crippen LogP contribution in [0.1, 0.15) is 49.4 Å². The van der Waals surface area contributed by atoms with Gasteiger partial charge in [-0.05, 0) is 43.5 Å². The molecule has 2 rings (SSSR count). The molecule has 1 aliphatic rings. The van der Waals surface area contributed by atoms with Gasteiger partial charge in [-0.2, -0.15) is 0 Å². The van der Waals surface area contributed by atoms with Crippen molar-refractivity contribution in [3.63, 3.8) is 0 Å². The van der Waals surface area contributed by atoms with Crippen LogP contribution in [0.4, 0.5) is 0 Å². The van der Waals surface area contributed by atoms with Gasteiger partial charge >= 0.3 is 0 Å². The summed E-state index contributed by atoms with van der Waals surface area (Å²) in [6.45, 7) is 9.99. The van der Waals surface area contributed by atoms with Gasteiger partial charge in [-0.15, -0.1) is 11.3 Å². The van der Waals surface area contributed by atoms with E-state index in [1.807, 2.05) is 11.3 Å². The van der Waals surface area contributed by atoms with E-state index < -0.39 is 0 Å². The molecule has 1 aromatic heterocycles. The topological polar surface area (TPSA) is 29.3 Å². The lowest BCUT2D eigenvalue weighted by molar-refractivity contribution is 0.255. The highest BCUT2D eigenvalue weighted by atomic mass is 32.1. The zero-order chi connectivity index (χ0) is 12.5. The van der Waals surface area contributed by atoms with Crippen LogP contribution in [0.5, 0.6) is 0 Å². The highest BCUT2D eigenvalue weighted by Gasteiger charge is 2.25. The molecule has 0 spiro atoms. The Kier molecular flexibility index (Phi) is 3.91. The van der Waals surface area contributed by atoms with Crippen LogP contribution in [0.25, 0.3) is 0 Å². The van der Waals surface area contributed by atoms with Crippen molar-refractivity contribution in [3.8, 4) is 0 Å². The molecule has 0 radical (unpaired) electrons. The molecule has 3 heteroatoms. The fraction of sp³-hybridized carbons (Fsp3) is 0.714. The van der Waals surface area contributed by atoms with Gasteiger partial charge in [0, 0.05) is 16.3 Å². The van der Waals surface area contributed by atoms with E-state index in [0.717, 1.165) is 6.54 Å². The van der Waals surface area contributed by atoms with Gasteiger partial charge in [-0.1, -0.05) is 20.8 Å². The van der Waals surface area contributed by atoms with Crippen LogP contribution in [-0.4, -0.2) is 24.5 Å². The number of likely N-dealkylation sites (tertiary alicyclic amines) is 1. The first-order chi connectivity index (χ1) is 8.02. The van der Waals surface area contributed by atoms with Crippen molar-refractivity contribution in [3.05, 3.63) is 21.9 Å². The molecule has 1 aromatic rings. The molecule has 1 aliphatic heterocycles. The zero-order valence-corrected chi connectivity index (χ0v) is 12.0. The predicted octanol–water partition coefficient (Wildman–Crippen LogP) is 3.14. The summed E-state index contributed by atoms with van der Waals surface area (Å²) in [6, 6.07) is 5.00. The molecule has 1 atom stereocenters. The van der Waals surface area contributed by atoms with Crippen molar-refractivity contribution in [1.29, 1.82) is 0 Å². The van der Waals surface area contributed by atoms with Gasteiger partial charge in [0.2, 0.25) is 0 Å². The quantitative estimate of drug-likeness (QED) is 0.895. The predicted molar refractivity (Wildman–Crippen MR) is 75.6 cm³/mol. The lowest BCUT2D eigenvalue weighted by Crippen LogP contribution is -2.30. The molecule has 17 heavy (non-hydrogen) atoms. The summed E-state index contributed by atoms with van der Waals surface area (Å²) >= 11 is 1.94. The number of hydrogen-bond acceptors (Lipinski definition) is 3. The monoisotopic (exact) mass is 252 g/mol. The summed E-state index contributed by atoms with van der Waals surface area (Å²) in [5.41, 5.74) is 6.22. The second-order valence-corrected chi connectivity index (χ2v) is 7.06. The van der Waals surface area contributed by atoms with Crippen molar-refractivity contribution in [2.24, 2.45) is 5.73 Å². The van der Waals surface area contributed by atoms with Crippen molar-refractivity contribution in [2.75, 3.05) is 19.6 Å². The van der Waals surface area contributed by atoms with Crippen molar-refractivity contribution in [1.82, 2.24) is 4.90 Å². The lowest BCUT2D eigenvalue weighted by atomic mass is 9.95. The van der Waals surface area contributed by atoms with Gasteiger partial charge in [0.15, 0.2) is 0 Å². The first-order valence-corrected chi connectivity index (χ1v) is 7.38. The minimum absolute atomic E-state index is 0.257. The van der Waals surface area contributed by atoms with Crippen LogP contribution in [0, 0.1) is 0 Å². The van der Waals surface area contributed by atoms with Crippen LogP contribution in [0.2, 0.25) is 0 Å². The molecule has 1 unspecified atom stereocenters. The summed E-state index contributed by atoms with van der Waals surface area (Å²) < 4.78 is 0. The number of thiophene rings is 1. The SMILES string of the molecule is CC(C)(C)c1ccc(C(CN)N2CCCC2)s1. The van der Waals surface area contributed by atoms with Crippen LogP contribution >= 0.6 is 11.3 Å². The van der Waals surface area contributed by atoms with Gasteiger partial charge in [0.05, 0.1) is 6.04 Å². The maximum Gasteiger partial charge on any atom is 0.0564 e. The number of nitrogens with zero attached hydrogens (tertiary/aromatic N) is 1. The Morgan fingerprint density at radius 1 is 1.29 bits per heavy atom. The number of hydrogen-bond donors (Lipinski definition) is 1. The summed E-state index contributed by atoms with van der Waals surface area (Å²) in [6.07, 6.45) is 2.65. The minimum atomic E-state index is 0.257. The molecular formula is C14H24N2S. The van der Waals surface area contributed by atoms with Crippen LogP contribution < -0.4 is 5.73 Å². The Morgan fingerprint density at radius 3 is 2.41 bits per heavy atom. The van der Waals surface area contributed by atoms with Gasteiger partial charge < -0.3 is 5.73 Å². The maximum absolute atomic E-state index is 5.97. The van der Waals surface area contributed by atoms with Crippen LogP contribution in [-0.2, 0) is 5.41 Å². The number of nitrogens with two attached hydrogens (primary N) is 1. The zero-order valence-electron chi connectivity index (χ0n) is 11.2. The molecule has 0 bridgehead atoms. The summed E-state index contributed by atoms with van der Waals surface area (Å²) in [4.78, 5) is 5.45. The minimum Gasteiger partial charge on any atom is -0.329 e. The first-order valence-electron chi connectivity index (χ1n) is 6.56. The fourth-order valence-electron chi connectivity index (χ4n) is 2.43. The smallest absolute Gasteiger partial charge is 0.0564 e. The van der Waals surface area contributed by atoms with E-state index in [4.69, 9.17) is 5.73 Å². The van der Waals surface area contributed by atoms with Crippen molar-refractivity contribution >= 4 is 11.3 Å². The Balaban J connectivity index is 2.17. The maximum atomic E-state index is 5.97. The van der Waals surface area contributed by atoms with E-state index in [0.29, 0.717) is 6.04 Å². The fourth-order valence-corrected chi connectivity index (χ4v) is 3.65. The lowest BCUT2D eigenvalue weighted by Gasteiger charge is -2.25. The first kappa shape index (κ1) is 13.1. The van der Waals surface area contributed by atoms with E-state index >= 15 is 0 Å². The molecular weight excluding hydrogens is 228 g/mol. The third kappa shape index (κ3) is 2.90. The molecule has 1 fully saturated rings. The average molecular weight is 252 g/mol. The van der Waals surface area contributed by atoms with Crippen molar-refractivity contribution < 1.29 is 0 Å². The highest BCUT2D eigenvalue weighted by molar-refractivity contribution is 7.12. The Bertz CT molecular complexity index is 359. The Hall–Kier alpha value is -0.380. The van der Waals surface area contributed by atoms with E-state index in [-0.39, 0.29) is 5.41 Å². The van der Waals surface area contributed by atoms with Gasteiger partial charge in [0.1, 0.15) is 0 Å². The summed E-state index contributed by atoms with van der Waals surface area (Å²) in [7, 11) is 0. The third-order valence-electron chi connectivity index (χ3n) is 3.50. The highest BCUT2D eigenvalue weighted by Crippen LogP contribution is 2.35. The van der Waals surface area contributed by atoms with Gasteiger partial charge in [-0.3, -0.25) is 4.90 Å². The molecule has 2 nitrogen and oxygen atoms in total. The van der Waals surface area contributed by atoms with Gasteiger partial charge in [-0.25, -0.2) is 0 Å². The van der Waals surface area contributed by atoms with E-state index in [9.17, 15) is 0 Å². The second kappa shape index (κ2) is 5.09. The molecule has 0 saturated carbocycles. The summed E-state index contributed by atoms with van der Waals surface area (Å²) in [5, 5.41) is 0. The Labute approximate surface area is 109 Å². The van der Waals surface area contributed by atoms with E-state index in [1.165, 1.54) is 35.7 Å². The molecule has 0 aromatic carbocycles. The second-order valence-electron chi connectivity index (χ2n) is 5.95. The number of rotatable bonds is 3. The largest absolute Gasteiger partial charge is 0.329 e. The molecule has 2 N–H and O–H groups in total.